The number of rotatable bonds is 5. The third-order valence-electron chi connectivity index (χ3n) is 6.21. The van der Waals surface area contributed by atoms with E-state index in [0.717, 1.165) is 57.9 Å². The molecule has 36 heavy (non-hydrogen) atoms. The number of hydrogen-bond donors (Lipinski definition) is 4. The molecule has 9 heteroatoms. The predicted molar refractivity (Wildman–Crippen MR) is 147 cm³/mol. The van der Waals surface area contributed by atoms with Crippen LogP contribution in [0.15, 0.2) is 60.8 Å². The van der Waals surface area contributed by atoms with E-state index in [4.69, 9.17) is 15.8 Å². The molecule has 5 N–H and O–H groups in total. The molecule has 1 aliphatic heterocycles. The molecule has 1 atom stereocenters. The molecule has 8 nitrogen and oxygen atoms in total. The Labute approximate surface area is 213 Å². The molecule has 1 saturated heterocycles. The lowest BCUT2D eigenvalue weighted by Crippen LogP contribution is -2.11. The summed E-state index contributed by atoms with van der Waals surface area (Å²) in [7, 11) is 0. The maximum atomic E-state index is 8.53. The van der Waals surface area contributed by atoms with E-state index in [1.165, 1.54) is 4.70 Å². The van der Waals surface area contributed by atoms with Crippen molar-refractivity contribution in [2.75, 3.05) is 30.7 Å². The van der Waals surface area contributed by atoms with Gasteiger partial charge in [-0.2, -0.15) is 4.98 Å². The van der Waals surface area contributed by atoms with Crippen LogP contribution in [0.1, 0.15) is 22.7 Å². The molecule has 5 aromatic rings. The molecule has 0 spiro atoms. The summed E-state index contributed by atoms with van der Waals surface area (Å²) in [6, 6.07) is 18.0. The molecule has 184 valence electrons. The van der Waals surface area contributed by atoms with Crippen molar-refractivity contribution >= 4 is 49.9 Å². The summed E-state index contributed by atoms with van der Waals surface area (Å²) in [6.07, 6.45) is 3.54. The molecule has 0 saturated carbocycles. The number of aliphatic hydroxyl groups is 1. The van der Waals surface area contributed by atoms with E-state index in [9.17, 15) is 0 Å². The Bertz CT molecular complexity index is 1420. The minimum Gasteiger partial charge on any atom is -0.396 e. The Morgan fingerprint density at radius 2 is 1.94 bits per heavy atom. The highest BCUT2D eigenvalue weighted by atomic mass is 32.1. The van der Waals surface area contributed by atoms with Gasteiger partial charge in [0.1, 0.15) is 5.82 Å². The highest BCUT2D eigenvalue weighted by molar-refractivity contribution is 7.18. The lowest BCUT2D eigenvalue weighted by molar-refractivity contribution is 0.237. The lowest BCUT2D eigenvalue weighted by atomic mass is 10.1. The molecule has 0 amide bonds. The fraction of sp³-hybridized carbons (Fsp3) is 0.259. The minimum atomic E-state index is 0.354. The van der Waals surface area contributed by atoms with Crippen LogP contribution in [-0.4, -0.2) is 44.7 Å². The van der Waals surface area contributed by atoms with Crippen LogP contribution in [0.4, 0.5) is 17.5 Å². The molecule has 1 fully saturated rings. The number of nitrogens with zero attached hydrogens (tertiary/aromatic N) is 4. The summed E-state index contributed by atoms with van der Waals surface area (Å²) >= 11 is 1.67. The van der Waals surface area contributed by atoms with Crippen LogP contribution in [0.5, 0.6) is 0 Å². The molecule has 0 radical (unpaired) electrons. The van der Waals surface area contributed by atoms with Crippen LogP contribution in [0, 0.1) is 12.8 Å². The smallest absolute Gasteiger partial charge is 0.229 e. The predicted octanol–water partition coefficient (Wildman–Crippen LogP) is 4.45. The summed E-state index contributed by atoms with van der Waals surface area (Å²) in [5.74, 6) is 1.47. The zero-order chi connectivity index (χ0) is 24.9. The molecule has 6 rings (SSSR count). The van der Waals surface area contributed by atoms with Crippen LogP contribution in [0.2, 0.25) is 0 Å². The molecule has 0 bridgehead atoms. The first-order chi connectivity index (χ1) is 17.6. The van der Waals surface area contributed by atoms with Crippen molar-refractivity contribution in [1.82, 2.24) is 25.3 Å². The van der Waals surface area contributed by atoms with Gasteiger partial charge in [0.2, 0.25) is 5.95 Å². The average Bonchev–Trinajstić information content (AvgIpc) is 3.56. The van der Waals surface area contributed by atoms with Gasteiger partial charge >= 0.3 is 0 Å². The number of aliphatic hydroxyl groups excluding tert-OH is 1. The number of nitrogens with one attached hydrogen (secondary N) is 2. The zero-order valence-corrected chi connectivity index (χ0v) is 20.9. The first-order valence-corrected chi connectivity index (χ1v) is 12.8. The summed E-state index contributed by atoms with van der Waals surface area (Å²) in [5, 5.41) is 17.0. The summed E-state index contributed by atoms with van der Waals surface area (Å²) in [5.41, 5.74) is 10.8. The van der Waals surface area contributed by atoms with Crippen molar-refractivity contribution in [1.29, 1.82) is 0 Å². The van der Waals surface area contributed by atoms with Crippen molar-refractivity contribution in [2.45, 2.75) is 19.8 Å². The summed E-state index contributed by atoms with van der Waals surface area (Å²) in [4.78, 5) is 18.3. The number of hydrogen-bond acceptors (Lipinski definition) is 9. The van der Waals surface area contributed by atoms with Crippen molar-refractivity contribution in [3.05, 3.63) is 77.1 Å². The number of nitrogen functional groups attached to an aromatic ring is 1. The van der Waals surface area contributed by atoms with Crippen molar-refractivity contribution in [2.24, 2.45) is 5.92 Å². The van der Waals surface area contributed by atoms with Gasteiger partial charge in [0.15, 0.2) is 0 Å². The average molecular weight is 500 g/mol. The highest BCUT2D eigenvalue weighted by Crippen LogP contribution is 2.28. The van der Waals surface area contributed by atoms with E-state index >= 15 is 0 Å². The Hall–Kier alpha value is -3.66. The molecule has 2 aromatic carbocycles. The maximum absolute atomic E-state index is 8.53. The van der Waals surface area contributed by atoms with Crippen LogP contribution in [-0.2, 0) is 6.42 Å². The fourth-order valence-electron chi connectivity index (χ4n) is 4.24. The van der Waals surface area contributed by atoms with E-state index < -0.39 is 0 Å². The first kappa shape index (κ1) is 24.1. The molecule has 1 aliphatic rings. The van der Waals surface area contributed by atoms with Gasteiger partial charge in [-0.3, -0.25) is 4.98 Å². The van der Waals surface area contributed by atoms with Gasteiger partial charge in [-0.1, -0.05) is 30.3 Å². The number of benzene rings is 2. The normalized spacial score (nSPS) is 15.1. The number of thiazole rings is 1. The first-order valence-electron chi connectivity index (χ1n) is 12.0. The topological polar surface area (TPSA) is 122 Å². The van der Waals surface area contributed by atoms with Crippen molar-refractivity contribution < 1.29 is 5.11 Å². The van der Waals surface area contributed by atoms with Crippen molar-refractivity contribution in [3.63, 3.8) is 0 Å². The second-order valence-corrected chi connectivity index (χ2v) is 9.91. The summed E-state index contributed by atoms with van der Waals surface area (Å²) in [6.45, 7) is 4.40. The Balaban J connectivity index is 0.000000330. The Morgan fingerprint density at radius 3 is 2.69 bits per heavy atom. The third-order valence-corrected chi connectivity index (χ3v) is 7.25. The lowest BCUT2D eigenvalue weighted by Gasteiger charge is -2.12. The third kappa shape index (κ3) is 5.43. The maximum Gasteiger partial charge on any atom is 0.229 e. The number of para-hydroxylation sites is 2. The molecule has 3 aromatic heterocycles. The number of pyridine rings is 1. The number of anilines is 3. The van der Waals surface area contributed by atoms with Gasteiger partial charge in [-0.25, -0.2) is 9.97 Å². The number of aryl methyl sites for hydroxylation is 1. The molecule has 0 unspecified atom stereocenters. The van der Waals surface area contributed by atoms with Crippen LogP contribution < -0.4 is 16.4 Å². The largest absolute Gasteiger partial charge is 0.396 e. The number of aromatic nitrogens is 4. The SMILES string of the molecule is Cc1nc(Nc2cccc3cccnc23)nc(N)c1Cc1nc2ccccc2s1.OC[C@@H]1CCNC1. The molecular formula is C27H29N7OS. The van der Waals surface area contributed by atoms with Crippen LogP contribution >= 0.6 is 11.3 Å². The molecular weight excluding hydrogens is 470 g/mol. The van der Waals surface area contributed by atoms with Crippen LogP contribution in [0.25, 0.3) is 21.1 Å². The second kappa shape index (κ2) is 10.9. The molecule has 4 heterocycles. The highest BCUT2D eigenvalue weighted by Gasteiger charge is 2.14. The van der Waals surface area contributed by atoms with E-state index in [0.29, 0.717) is 30.7 Å². The van der Waals surface area contributed by atoms with Crippen molar-refractivity contribution in [3.8, 4) is 0 Å². The van der Waals surface area contributed by atoms with E-state index in [1.807, 2.05) is 55.5 Å². The minimum absolute atomic E-state index is 0.354. The second-order valence-electron chi connectivity index (χ2n) is 8.80. The number of nitrogens with two attached hydrogens (primary N) is 1. The van der Waals surface area contributed by atoms with E-state index in [2.05, 4.69) is 31.7 Å². The molecule has 0 aliphatic carbocycles. The van der Waals surface area contributed by atoms with Gasteiger partial charge < -0.3 is 21.5 Å². The Kier molecular flexibility index (Phi) is 7.31. The monoisotopic (exact) mass is 499 g/mol. The van der Waals surface area contributed by atoms with Gasteiger partial charge in [0.05, 0.1) is 26.4 Å². The van der Waals surface area contributed by atoms with Gasteiger partial charge in [0, 0.05) is 42.4 Å². The van der Waals surface area contributed by atoms with E-state index in [1.54, 1.807) is 17.5 Å². The Morgan fingerprint density at radius 1 is 1.08 bits per heavy atom. The van der Waals surface area contributed by atoms with Gasteiger partial charge in [-0.15, -0.1) is 11.3 Å². The quantitative estimate of drug-likeness (QED) is 0.280. The van der Waals surface area contributed by atoms with Crippen LogP contribution in [0.3, 0.4) is 0 Å². The van der Waals surface area contributed by atoms with Gasteiger partial charge in [-0.05, 0) is 50.1 Å². The van der Waals surface area contributed by atoms with Gasteiger partial charge in [0.25, 0.3) is 0 Å². The van der Waals surface area contributed by atoms with E-state index in [-0.39, 0.29) is 0 Å². The number of fused-ring (bicyclic) bond motifs is 2. The summed E-state index contributed by atoms with van der Waals surface area (Å²) < 4.78 is 1.17. The zero-order valence-electron chi connectivity index (χ0n) is 20.1. The fourth-order valence-corrected chi connectivity index (χ4v) is 5.21. The standard InChI is InChI=1S/C22H18N6S.C5H11NO/c1-13-15(12-19-26-16-8-2-3-10-18(16)29-19)21(23)28-22(25-13)27-17-9-4-6-14-7-5-11-24-20(14)17;7-4-5-1-2-6-3-5/h2-11H,12H2,1H3,(H3,23,25,27,28);5-7H,1-4H2/t;5-/m.1/s1.